The van der Waals surface area contributed by atoms with Crippen LogP contribution >= 0.6 is 0 Å². The molecule has 0 radical (unpaired) electrons. The van der Waals surface area contributed by atoms with Gasteiger partial charge in [0.1, 0.15) is 18.3 Å². The van der Waals surface area contributed by atoms with Crippen LogP contribution in [0.3, 0.4) is 0 Å². The number of rotatable bonds is 19. The summed E-state index contributed by atoms with van der Waals surface area (Å²) in [6, 6.07) is -1.27. The number of alkyl halides is 1. The van der Waals surface area contributed by atoms with E-state index in [4.69, 9.17) is 9.47 Å². The first-order valence-electron chi connectivity index (χ1n) is 28.2. The fourth-order valence-electron chi connectivity index (χ4n) is 15.3. The number of ether oxygens (including phenoxy) is 2. The van der Waals surface area contributed by atoms with Crippen LogP contribution in [0.15, 0.2) is 57.8 Å². The van der Waals surface area contributed by atoms with Crippen molar-refractivity contribution < 1.29 is 63.1 Å². The Balaban J connectivity index is 0.833. The highest BCUT2D eigenvalue weighted by Gasteiger charge is 2.66. The fourth-order valence-corrected chi connectivity index (χ4v) is 15.3. The van der Waals surface area contributed by atoms with E-state index < -0.39 is 101 Å². The molecule has 5 amide bonds. The molecule has 6 fully saturated rings. The Morgan fingerprint density at radius 2 is 1.53 bits per heavy atom. The summed E-state index contributed by atoms with van der Waals surface area (Å²) in [5, 5.41) is 60.3. The first kappa shape index (κ1) is 59.1. The molecule has 0 bridgehead atoms. The number of hydrazone groups is 2. The SMILES string of the molecule is COC(C)(C)COC(C)(C)CC(=O)NC(CCC(=O)NCC(=O)N/N=C1\C=CC2C(=C1)CCC1C3CC(C)C(O)C3CCC21F)C(=O)NCC(=O)N/N=C1\C=CC2(C)C(=C1)CCC1C2C(O)C[C@@]2(O)C1C[C@@H](C)C2C(=O)CO. The van der Waals surface area contributed by atoms with Crippen LogP contribution in [-0.2, 0) is 38.2 Å². The van der Waals surface area contributed by atoms with Crippen LogP contribution in [0.1, 0.15) is 126 Å². The molecule has 20 heteroatoms. The van der Waals surface area contributed by atoms with Crippen molar-refractivity contribution in [2.45, 2.75) is 166 Å². The van der Waals surface area contributed by atoms with Crippen LogP contribution in [0.4, 0.5) is 4.39 Å². The van der Waals surface area contributed by atoms with E-state index in [0.717, 1.165) is 17.6 Å². The smallest absolute Gasteiger partial charge is 0.259 e. The Kier molecular flexibility index (Phi) is 17.6. The third kappa shape index (κ3) is 12.2. The van der Waals surface area contributed by atoms with Gasteiger partial charge in [0.15, 0.2) is 5.78 Å². The van der Waals surface area contributed by atoms with Crippen LogP contribution in [0.5, 0.6) is 0 Å². The molecule has 6 saturated carbocycles. The second-order valence-corrected chi connectivity index (χ2v) is 25.4. The van der Waals surface area contributed by atoms with Gasteiger partial charge in [0.25, 0.3) is 11.8 Å². The number of hydrogen-bond donors (Lipinski definition) is 9. The number of ketones is 1. The summed E-state index contributed by atoms with van der Waals surface area (Å²) in [4.78, 5) is 79.1. The van der Waals surface area contributed by atoms with E-state index in [9.17, 15) is 49.2 Å². The molecule has 0 saturated heterocycles. The molecule has 430 valence electrons. The maximum absolute atomic E-state index is 16.9. The van der Waals surface area contributed by atoms with Crippen molar-refractivity contribution in [3.05, 3.63) is 47.6 Å². The van der Waals surface area contributed by atoms with Gasteiger partial charge in [-0.25, -0.2) is 15.2 Å². The van der Waals surface area contributed by atoms with Gasteiger partial charge in [0.05, 0.1) is 72.5 Å². The number of fused-ring (bicyclic) bond motifs is 10. The number of carbonyl (C=O) groups excluding carboxylic acids is 6. The van der Waals surface area contributed by atoms with Gasteiger partial charge in [0, 0.05) is 37.2 Å². The van der Waals surface area contributed by atoms with Crippen LogP contribution in [0.25, 0.3) is 0 Å². The molecule has 9 N–H and O–H groups in total. The number of nitrogens with one attached hydrogen (secondary N) is 5. The van der Waals surface area contributed by atoms with Crippen LogP contribution in [-0.4, -0.2) is 141 Å². The third-order valence-corrected chi connectivity index (χ3v) is 19.3. The average Bonchev–Trinajstić information content (AvgIpc) is 4.05. The van der Waals surface area contributed by atoms with Crippen LogP contribution in [0.2, 0.25) is 0 Å². The number of Topliss-reactive ketones (excluding diaryl/α,β-unsaturated/α-hetero) is 1. The molecular formula is C58H84FN7O12. The largest absolute Gasteiger partial charge is 0.393 e. The summed E-state index contributed by atoms with van der Waals surface area (Å²) in [5.41, 5.74) is 2.77. The minimum atomic E-state index is -1.39. The lowest BCUT2D eigenvalue weighted by Crippen LogP contribution is -2.60. The van der Waals surface area contributed by atoms with E-state index in [1.165, 1.54) is 0 Å². The summed E-state index contributed by atoms with van der Waals surface area (Å²) in [6.07, 6.45) is 14.3. The summed E-state index contributed by atoms with van der Waals surface area (Å²) >= 11 is 0. The quantitative estimate of drug-likeness (QED) is 0.0840. The maximum atomic E-state index is 16.9. The predicted octanol–water partition coefficient (Wildman–Crippen LogP) is 3.55. The summed E-state index contributed by atoms with van der Waals surface area (Å²) in [6.45, 7) is 11.7. The molecule has 8 aliphatic carbocycles. The number of nitrogens with zero attached hydrogens (tertiary/aromatic N) is 2. The Morgan fingerprint density at radius 1 is 0.833 bits per heavy atom. The number of aliphatic hydroxyl groups excluding tert-OH is 3. The van der Waals surface area contributed by atoms with Crippen LogP contribution in [0, 0.1) is 64.6 Å². The lowest BCUT2D eigenvalue weighted by Gasteiger charge is -2.58. The molecule has 0 spiro atoms. The van der Waals surface area contributed by atoms with Crippen molar-refractivity contribution in [2.75, 3.05) is 33.4 Å². The van der Waals surface area contributed by atoms with E-state index in [1.54, 1.807) is 33.1 Å². The zero-order valence-electron chi connectivity index (χ0n) is 46.6. The van der Waals surface area contributed by atoms with Gasteiger partial charge >= 0.3 is 0 Å². The van der Waals surface area contributed by atoms with Crippen LogP contribution < -0.4 is 26.8 Å². The number of halogens is 1. The van der Waals surface area contributed by atoms with Gasteiger partial charge in [-0.1, -0.05) is 44.1 Å². The van der Waals surface area contributed by atoms with Crippen molar-refractivity contribution in [1.29, 1.82) is 0 Å². The number of methoxy groups -OCH3 is 1. The van der Waals surface area contributed by atoms with E-state index in [-0.39, 0.29) is 91.7 Å². The van der Waals surface area contributed by atoms with Crippen molar-refractivity contribution in [3.8, 4) is 0 Å². The summed E-state index contributed by atoms with van der Waals surface area (Å²) < 4.78 is 28.3. The summed E-state index contributed by atoms with van der Waals surface area (Å²) in [5.74, 6) is -4.97. The minimum Gasteiger partial charge on any atom is -0.393 e. The molecule has 14 unspecified atom stereocenters. The Morgan fingerprint density at radius 3 is 2.22 bits per heavy atom. The van der Waals surface area contributed by atoms with E-state index in [2.05, 4.69) is 43.9 Å². The minimum absolute atomic E-state index is 0.0330. The molecule has 0 aromatic heterocycles. The van der Waals surface area contributed by atoms with Gasteiger partial charge in [-0.05, 0) is 151 Å². The van der Waals surface area contributed by atoms with Crippen molar-refractivity contribution in [2.24, 2.45) is 74.8 Å². The lowest BCUT2D eigenvalue weighted by atomic mass is 9.49. The number of aliphatic hydroxyl groups is 4. The fraction of sp³-hybridized carbons (Fsp3) is 0.724. The molecule has 0 aliphatic heterocycles. The van der Waals surface area contributed by atoms with Crippen molar-refractivity contribution in [1.82, 2.24) is 26.8 Å². The molecule has 78 heavy (non-hydrogen) atoms. The zero-order valence-corrected chi connectivity index (χ0v) is 46.6. The molecular weight excluding hydrogens is 1010 g/mol. The van der Waals surface area contributed by atoms with Crippen molar-refractivity contribution in [3.63, 3.8) is 0 Å². The highest BCUT2D eigenvalue weighted by atomic mass is 19.1. The number of carbonyl (C=O) groups is 6. The first-order valence-corrected chi connectivity index (χ1v) is 28.2. The lowest BCUT2D eigenvalue weighted by molar-refractivity contribution is -0.174. The third-order valence-electron chi connectivity index (χ3n) is 19.3. The zero-order chi connectivity index (χ0) is 56.7. The molecule has 0 heterocycles. The van der Waals surface area contributed by atoms with Gasteiger partial charge in [-0.3, -0.25) is 28.8 Å². The number of hydrogen-bond acceptors (Lipinski definition) is 14. The molecule has 0 aromatic carbocycles. The second-order valence-electron chi connectivity index (χ2n) is 25.4. The Bertz CT molecular complexity index is 2540. The summed E-state index contributed by atoms with van der Waals surface area (Å²) in [7, 11) is 1.55. The molecule has 8 rings (SSSR count). The molecule has 8 aliphatic rings. The van der Waals surface area contributed by atoms with Gasteiger partial charge in [0.2, 0.25) is 17.7 Å². The Labute approximate surface area is 457 Å². The first-order chi connectivity index (χ1) is 36.7. The standard InChI is InChI=1S/C58H84FN7O12/c1-31-22-42-38-12-10-34-24-36(17-19-56(34,7)51(38)44(68)25-58(42,76)50(31)45(69)29-67)64-66-49(73)28-61-53(75)43(62-47(71)26-54(3,4)78-30-55(5,6)77-8)15-16-46(70)60-27-48(72)65-63-35-11-14-40-33(23-35)9-13-41-39-21-32(2)52(74)37(39)18-20-57(40,41)59/h11,14,17,19,23-24,31-32,37-44,50-52,67-68,74,76H,9-10,12-13,15-16,18,20-22,25-30H2,1-8H3,(H,60,70)(H,61,75)(H,62,71)(H,65,72)(H,66,73)/b63-35+,64-36+/t31-,32?,37?,38?,39?,40?,41?,42?,43?,44?,50?,51?,52?,56?,57?,58-/m1/s1. The normalized spacial score (nSPS) is 37.0. The van der Waals surface area contributed by atoms with Gasteiger partial charge in [-0.15, -0.1) is 0 Å². The van der Waals surface area contributed by atoms with Gasteiger partial charge < -0.3 is 45.9 Å². The Hall–Kier alpha value is -4.99. The number of allylic oxidation sites excluding steroid dienone is 8. The monoisotopic (exact) mass is 1090 g/mol. The molecule has 0 aromatic rings. The number of amides is 5. The molecule has 19 nitrogen and oxygen atoms in total. The highest BCUT2D eigenvalue weighted by molar-refractivity contribution is 6.07. The van der Waals surface area contributed by atoms with Crippen molar-refractivity contribution >= 4 is 46.7 Å². The topological polar surface area (TPSA) is 287 Å². The molecule has 16 atom stereocenters. The predicted molar refractivity (Wildman–Crippen MR) is 287 cm³/mol. The van der Waals surface area contributed by atoms with E-state index in [0.29, 0.717) is 56.4 Å². The van der Waals surface area contributed by atoms with Gasteiger partial charge in [-0.2, -0.15) is 10.2 Å². The second kappa shape index (κ2) is 23.2. The average molecular weight is 1090 g/mol. The maximum Gasteiger partial charge on any atom is 0.259 e. The van der Waals surface area contributed by atoms with E-state index >= 15 is 4.39 Å². The highest BCUT2D eigenvalue weighted by Crippen LogP contribution is 2.64. The van der Waals surface area contributed by atoms with E-state index in [1.807, 2.05) is 52.0 Å².